The number of allylic oxidation sites excluding steroid dienone is 6. The molecule has 0 aromatic rings. The van der Waals surface area contributed by atoms with Crippen molar-refractivity contribution in [2.75, 3.05) is 47.5 Å². The van der Waals surface area contributed by atoms with Crippen molar-refractivity contribution in [1.29, 1.82) is 0 Å². The Morgan fingerprint density at radius 3 is 1.29 bits per heavy atom. The van der Waals surface area contributed by atoms with Gasteiger partial charge in [0.1, 0.15) is 19.8 Å². The predicted molar refractivity (Wildman–Crippen MR) is 280 cm³/mol. The summed E-state index contributed by atoms with van der Waals surface area (Å²) >= 11 is 0. The van der Waals surface area contributed by atoms with Gasteiger partial charge >= 0.3 is 19.8 Å². The molecule has 0 saturated heterocycles. The molecule has 2 unspecified atom stereocenters. The van der Waals surface area contributed by atoms with Crippen LogP contribution < -0.4 is 0 Å². The van der Waals surface area contributed by atoms with Gasteiger partial charge in [-0.3, -0.25) is 18.6 Å². The van der Waals surface area contributed by atoms with E-state index in [1.165, 1.54) is 161 Å². The second-order valence-electron chi connectivity index (χ2n) is 19.9. The first-order valence-electron chi connectivity index (χ1n) is 27.7. The fraction of sp³-hybridized carbons (Fsp3) is 0.857. The molecule has 0 heterocycles. The van der Waals surface area contributed by atoms with Crippen molar-refractivity contribution < 1.29 is 42.1 Å². The van der Waals surface area contributed by atoms with E-state index in [9.17, 15) is 19.0 Å². The lowest BCUT2D eigenvalue weighted by molar-refractivity contribution is -0.870. The van der Waals surface area contributed by atoms with E-state index >= 15 is 0 Å². The summed E-state index contributed by atoms with van der Waals surface area (Å²) in [5.74, 6) is -0.798. The highest BCUT2D eigenvalue weighted by atomic mass is 31.2. The summed E-state index contributed by atoms with van der Waals surface area (Å²) in [7, 11) is 1.48. The topological polar surface area (TPSA) is 108 Å². The fourth-order valence-electron chi connectivity index (χ4n) is 7.91. The van der Waals surface area contributed by atoms with Crippen molar-refractivity contribution in [3.63, 3.8) is 0 Å². The number of nitrogens with zero attached hydrogens (tertiary/aromatic N) is 1. The molecule has 0 aromatic heterocycles. The number of hydrogen-bond donors (Lipinski definition) is 1. The maximum Gasteiger partial charge on any atom is 0.472 e. The molecule has 9 nitrogen and oxygen atoms in total. The number of rotatable bonds is 51. The standard InChI is InChI=1S/C56H106NO8P/c1-6-8-10-12-14-16-18-20-22-24-25-26-27-28-29-30-31-33-34-36-38-40-42-44-46-48-55(58)62-52-54(53-64-66(60,61)63-51-50-57(3,4)5)65-56(59)49-47-45-43-41-39-37-35-32-23-21-19-17-15-13-11-9-7-2/h9,11,15,17,21,23,54H,6-8,10,12-14,16,18-20,22,24-53H2,1-5H3/p+1/b11-9-,17-15-,23-21-. The molecule has 388 valence electrons. The van der Waals surface area contributed by atoms with Crippen molar-refractivity contribution in [1.82, 2.24) is 0 Å². The van der Waals surface area contributed by atoms with E-state index in [0.717, 1.165) is 64.2 Å². The Kier molecular flexibility index (Phi) is 47.0. The third kappa shape index (κ3) is 51.6. The second-order valence-corrected chi connectivity index (χ2v) is 21.4. The lowest BCUT2D eigenvalue weighted by Gasteiger charge is -2.24. The van der Waals surface area contributed by atoms with E-state index in [1.807, 2.05) is 21.1 Å². The molecule has 0 aliphatic heterocycles. The number of likely N-dealkylation sites (N-methyl/N-ethyl adjacent to an activating group) is 1. The largest absolute Gasteiger partial charge is 0.472 e. The molecule has 0 fully saturated rings. The first-order valence-corrected chi connectivity index (χ1v) is 29.2. The van der Waals surface area contributed by atoms with Gasteiger partial charge < -0.3 is 18.9 Å². The van der Waals surface area contributed by atoms with Crippen LogP contribution in [0.25, 0.3) is 0 Å². The normalized spacial score (nSPS) is 13.6. The van der Waals surface area contributed by atoms with Crippen molar-refractivity contribution in [2.45, 2.75) is 264 Å². The Labute approximate surface area is 408 Å². The van der Waals surface area contributed by atoms with Crippen molar-refractivity contribution in [3.8, 4) is 0 Å². The number of hydrogen-bond acceptors (Lipinski definition) is 7. The molecule has 10 heteroatoms. The first-order chi connectivity index (χ1) is 32.0. The molecule has 0 bridgehead atoms. The Morgan fingerprint density at radius 1 is 0.485 bits per heavy atom. The molecule has 0 rings (SSSR count). The Hall–Kier alpha value is -1.77. The zero-order valence-corrected chi connectivity index (χ0v) is 44.8. The van der Waals surface area contributed by atoms with Crippen molar-refractivity contribution >= 4 is 19.8 Å². The lowest BCUT2D eigenvalue weighted by atomic mass is 10.0. The van der Waals surface area contributed by atoms with E-state index in [0.29, 0.717) is 23.9 Å². The van der Waals surface area contributed by atoms with E-state index in [-0.39, 0.29) is 25.6 Å². The SMILES string of the molecule is CC/C=C\C/C=C\C/C=C\CCCCCCCCCC(=O)OC(COC(=O)CCCCCCCCCCCCCCCCCCCCCCCCCCC)COP(=O)(O)OCC[N+](C)(C)C. The minimum atomic E-state index is -4.38. The molecular weight excluding hydrogens is 846 g/mol. The number of carbonyl (C=O) groups excluding carboxylic acids is 2. The van der Waals surface area contributed by atoms with Crippen molar-refractivity contribution in [2.24, 2.45) is 0 Å². The van der Waals surface area contributed by atoms with Crippen LogP contribution in [0.1, 0.15) is 258 Å². The number of phosphoric acid groups is 1. The van der Waals surface area contributed by atoms with Gasteiger partial charge in [0.2, 0.25) is 0 Å². The molecule has 0 radical (unpaired) electrons. The summed E-state index contributed by atoms with van der Waals surface area (Å²) in [5, 5.41) is 0. The average molecular weight is 953 g/mol. The van der Waals surface area contributed by atoms with Crippen LogP contribution in [-0.4, -0.2) is 74.9 Å². The van der Waals surface area contributed by atoms with Crippen LogP contribution in [-0.2, 0) is 32.7 Å². The smallest absolute Gasteiger partial charge is 0.462 e. The zero-order valence-electron chi connectivity index (χ0n) is 43.9. The molecule has 0 spiro atoms. The Bertz CT molecular complexity index is 1210. The number of unbranched alkanes of at least 4 members (excludes halogenated alkanes) is 31. The van der Waals surface area contributed by atoms with E-state index in [1.54, 1.807) is 0 Å². The highest BCUT2D eigenvalue weighted by Gasteiger charge is 2.27. The maximum absolute atomic E-state index is 12.8. The van der Waals surface area contributed by atoms with Gasteiger partial charge in [0, 0.05) is 12.8 Å². The number of phosphoric ester groups is 1. The minimum absolute atomic E-state index is 0.0306. The molecule has 0 amide bonds. The van der Waals surface area contributed by atoms with Gasteiger partial charge in [0.25, 0.3) is 0 Å². The van der Waals surface area contributed by atoms with Gasteiger partial charge in [0.15, 0.2) is 6.10 Å². The summed E-state index contributed by atoms with van der Waals surface area (Å²) in [5.41, 5.74) is 0. The molecule has 0 aromatic carbocycles. The van der Waals surface area contributed by atoms with Crippen LogP contribution in [0.15, 0.2) is 36.5 Å². The average Bonchev–Trinajstić information content (AvgIpc) is 3.27. The summed E-state index contributed by atoms with van der Waals surface area (Å²) in [6.45, 7) is 4.35. The third-order valence-corrected chi connectivity index (χ3v) is 13.2. The summed E-state index contributed by atoms with van der Waals surface area (Å²) < 4.78 is 34.5. The van der Waals surface area contributed by atoms with Crippen LogP contribution in [0, 0.1) is 0 Å². The highest BCUT2D eigenvalue weighted by Crippen LogP contribution is 2.43. The molecule has 1 N–H and O–H groups in total. The summed E-state index contributed by atoms with van der Waals surface area (Å²) in [6, 6.07) is 0. The quantitative estimate of drug-likeness (QED) is 0.0211. The predicted octanol–water partition coefficient (Wildman–Crippen LogP) is 16.8. The molecular formula is C56H107NO8P+. The molecule has 2 atom stereocenters. The third-order valence-electron chi connectivity index (χ3n) is 12.2. The number of quaternary nitrogens is 1. The van der Waals surface area contributed by atoms with Crippen LogP contribution in [0.3, 0.4) is 0 Å². The van der Waals surface area contributed by atoms with Gasteiger partial charge in [-0.15, -0.1) is 0 Å². The molecule has 0 aliphatic carbocycles. The van der Waals surface area contributed by atoms with Crippen LogP contribution in [0.2, 0.25) is 0 Å². The van der Waals surface area contributed by atoms with Crippen molar-refractivity contribution in [3.05, 3.63) is 36.5 Å². The number of ether oxygens (including phenoxy) is 2. The number of esters is 2. The second kappa shape index (κ2) is 48.3. The van der Waals surface area contributed by atoms with Crippen LogP contribution in [0.4, 0.5) is 0 Å². The molecule has 0 saturated carbocycles. The van der Waals surface area contributed by atoms with Crippen LogP contribution in [0.5, 0.6) is 0 Å². The van der Waals surface area contributed by atoms with E-state index in [2.05, 4.69) is 50.3 Å². The zero-order chi connectivity index (χ0) is 48.5. The lowest BCUT2D eigenvalue weighted by Crippen LogP contribution is -2.37. The molecule has 66 heavy (non-hydrogen) atoms. The summed E-state index contributed by atoms with van der Waals surface area (Å²) in [6.07, 6.45) is 57.8. The van der Waals surface area contributed by atoms with E-state index in [4.69, 9.17) is 18.5 Å². The van der Waals surface area contributed by atoms with Gasteiger partial charge in [-0.25, -0.2) is 4.57 Å². The fourth-order valence-corrected chi connectivity index (χ4v) is 8.66. The van der Waals surface area contributed by atoms with Gasteiger partial charge in [-0.1, -0.05) is 237 Å². The van der Waals surface area contributed by atoms with Gasteiger partial charge in [-0.2, -0.15) is 0 Å². The molecule has 0 aliphatic rings. The Morgan fingerprint density at radius 2 is 0.864 bits per heavy atom. The monoisotopic (exact) mass is 953 g/mol. The van der Waals surface area contributed by atoms with E-state index < -0.39 is 26.5 Å². The maximum atomic E-state index is 12.8. The van der Waals surface area contributed by atoms with Crippen LogP contribution >= 0.6 is 7.82 Å². The summed E-state index contributed by atoms with van der Waals surface area (Å²) in [4.78, 5) is 35.6. The highest BCUT2D eigenvalue weighted by molar-refractivity contribution is 7.47. The number of carbonyl (C=O) groups is 2. The Balaban J connectivity index is 4.13. The van der Waals surface area contributed by atoms with Gasteiger partial charge in [0.05, 0.1) is 27.7 Å². The van der Waals surface area contributed by atoms with Gasteiger partial charge in [-0.05, 0) is 44.9 Å². The minimum Gasteiger partial charge on any atom is -0.462 e. The first kappa shape index (κ1) is 64.2.